The number of nitrogens with one attached hydrogen (secondary N) is 1. The minimum Gasteiger partial charge on any atom is -0.493 e. The number of carboxylic acids is 1. The number of carboxylic acid groups (broad SMARTS) is 1. The number of carbonyl (C=O) groups is 3. The van der Waals surface area contributed by atoms with Crippen LogP contribution in [0.3, 0.4) is 0 Å². The summed E-state index contributed by atoms with van der Waals surface area (Å²) in [5.41, 5.74) is 2.31. The Labute approximate surface area is 193 Å². The lowest BCUT2D eigenvalue weighted by atomic mass is 10.0. The fourth-order valence-corrected chi connectivity index (χ4v) is 3.41. The summed E-state index contributed by atoms with van der Waals surface area (Å²) in [7, 11) is 1.51. The van der Waals surface area contributed by atoms with Gasteiger partial charge in [-0.25, -0.2) is 9.69 Å². The monoisotopic (exact) mass is 500 g/mol. The van der Waals surface area contributed by atoms with Gasteiger partial charge in [0.05, 0.1) is 7.11 Å². The molecule has 0 bridgehead atoms. The van der Waals surface area contributed by atoms with Crippen molar-refractivity contribution in [1.29, 1.82) is 0 Å². The third-order valence-corrected chi connectivity index (χ3v) is 5.13. The van der Waals surface area contributed by atoms with E-state index >= 15 is 0 Å². The molecule has 0 saturated carbocycles. The number of ether oxygens (including phenoxy) is 2. The second-order valence-corrected chi connectivity index (χ2v) is 7.81. The van der Waals surface area contributed by atoms with Gasteiger partial charge in [0.2, 0.25) is 0 Å². The summed E-state index contributed by atoms with van der Waals surface area (Å²) in [5.74, 6) is -0.992. The maximum atomic E-state index is 12.4. The molecular weight excluding hydrogens is 480 g/mol. The molecular formula is C23H21BrN2O6. The normalized spacial score (nSPS) is 14.4. The van der Waals surface area contributed by atoms with Crippen molar-refractivity contribution in [3.63, 3.8) is 0 Å². The van der Waals surface area contributed by atoms with Gasteiger partial charge in [0.25, 0.3) is 5.91 Å². The predicted octanol–water partition coefficient (Wildman–Crippen LogP) is 3.74. The number of hydrogen-bond donors (Lipinski definition) is 2. The Balaban J connectivity index is 1.90. The molecule has 0 aliphatic carbocycles. The Morgan fingerprint density at radius 2 is 1.97 bits per heavy atom. The maximum absolute atomic E-state index is 12.4. The maximum Gasteiger partial charge on any atom is 0.329 e. The number of carbonyl (C=O) groups excluding carboxylic acids is 2. The number of hydrogen-bond acceptors (Lipinski definition) is 5. The van der Waals surface area contributed by atoms with E-state index in [4.69, 9.17) is 14.6 Å². The van der Waals surface area contributed by atoms with Crippen LogP contribution in [0.5, 0.6) is 11.5 Å². The molecule has 1 fully saturated rings. The van der Waals surface area contributed by atoms with Gasteiger partial charge in [0, 0.05) is 10.0 Å². The molecule has 3 amide bonds. The highest BCUT2D eigenvalue weighted by Gasteiger charge is 2.34. The zero-order chi connectivity index (χ0) is 23.3. The second kappa shape index (κ2) is 10.1. The van der Waals surface area contributed by atoms with Crippen LogP contribution >= 0.6 is 15.9 Å². The van der Waals surface area contributed by atoms with E-state index < -0.39 is 24.5 Å². The van der Waals surface area contributed by atoms with Gasteiger partial charge in [0.15, 0.2) is 11.5 Å². The average Bonchev–Trinajstić information content (AvgIpc) is 3.01. The smallest absolute Gasteiger partial charge is 0.329 e. The van der Waals surface area contributed by atoms with Gasteiger partial charge in [-0.05, 0) is 47.9 Å². The first-order chi connectivity index (χ1) is 15.3. The van der Waals surface area contributed by atoms with Crippen LogP contribution < -0.4 is 14.8 Å². The highest BCUT2D eigenvalue weighted by Crippen LogP contribution is 2.35. The third kappa shape index (κ3) is 5.36. The van der Waals surface area contributed by atoms with E-state index in [0.29, 0.717) is 35.0 Å². The molecule has 2 aromatic carbocycles. The molecule has 1 heterocycles. The van der Waals surface area contributed by atoms with Gasteiger partial charge in [-0.2, -0.15) is 0 Å². The Kier molecular flexibility index (Phi) is 7.32. The van der Waals surface area contributed by atoms with Crippen molar-refractivity contribution in [1.82, 2.24) is 10.2 Å². The summed E-state index contributed by atoms with van der Waals surface area (Å²) in [6, 6.07) is 10.4. The Bertz CT molecular complexity index is 1090. The minimum atomic E-state index is -1.28. The summed E-state index contributed by atoms with van der Waals surface area (Å²) in [6.07, 6.45) is 3.67. The molecule has 1 aliphatic heterocycles. The van der Waals surface area contributed by atoms with Crippen LogP contribution in [0, 0.1) is 0 Å². The molecule has 1 aliphatic rings. The van der Waals surface area contributed by atoms with E-state index in [1.807, 2.05) is 24.3 Å². The highest BCUT2D eigenvalue weighted by atomic mass is 79.9. The largest absolute Gasteiger partial charge is 0.493 e. The van der Waals surface area contributed by atoms with Gasteiger partial charge < -0.3 is 19.9 Å². The average molecular weight is 501 g/mol. The molecule has 1 saturated heterocycles. The van der Waals surface area contributed by atoms with E-state index in [9.17, 15) is 14.4 Å². The minimum absolute atomic E-state index is 0.0219. The number of aliphatic carboxylic acids is 1. The molecule has 2 N–H and O–H groups in total. The number of imide groups is 1. The fraction of sp³-hybridized carbons (Fsp3) is 0.174. The van der Waals surface area contributed by atoms with Crippen molar-refractivity contribution >= 4 is 39.9 Å². The molecule has 2 aromatic rings. The first kappa shape index (κ1) is 23.1. The summed E-state index contributed by atoms with van der Waals surface area (Å²) in [5, 5.41) is 11.3. The lowest BCUT2D eigenvalue weighted by Crippen LogP contribution is -2.35. The lowest BCUT2D eigenvalue weighted by molar-refractivity contribution is -0.140. The lowest BCUT2D eigenvalue weighted by Gasteiger charge is -2.16. The van der Waals surface area contributed by atoms with Crippen LogP contribution in [-0.4, -0.2) is 41.6 Å². The molecule has 0 spiro atoms. The van der Waals surface area contributed by atoms with E-state index in [2.05, 4.69) is 27.8 Å². The summed E-state index contributed by atoms with van der Waals surface area (Å²) in [6.45, 7) is 3.40. The second-order valence-electron chi connectivity index (χ2n) is 6.89. The first-order valence-corrected chi connectivity index (χ1v) is 10.4. The molecule has 8 nitrogen and oxygen atoms in total. The van der Waals surface area contributed by atoms with Crippen LogP contribution in [0.25, 0.3) is 6.08 Å². The number of nitrogens with zero attached hydrogens (tertiary/aromatic N) is 1. The summed E-state index contributed by atoms with van der Waals surface area (Å²) >= 11 is 3.40. The Hall–Kier alpha value is -3.59. The number of methoxy groups -OCH3 is 1. The van der Waals surface area contributed by atoms with Crippen LogP contribution in [0.1, 0.15) is 16.7 Å². The van der Waals surface area contributed by atoms with Gasteiger partial charge in [-0.1, -0.05) is 34.1 Å². The van der Waals surface area contributed by atoms with Crippen molar-refractivity contribution in [3.05, 3.63) is 75.9 Å². The molecule has 32 heavy (non-hydrogen) atoms. The van der Waals surface area contributed by atoms with Gasteiger partial charge in [-0.15, -0.1) is 6.58 Å². The summed E-state index contributed by atoms with van der Waals surface area (Å²) in [4.78, 5) is 35.9. The third-order valence-electron chi connectivity index (χ3n) is 4.60. The topological polar surface area (TPSA) is 105 Å². The zero-order valence-corrected chi connectivity index (χ0v) is 18.8. The molecule has 0 radical (unpaired) electrons. The standard InChI is InChI=1S/C23H21BrN2O6/c1-3-4-16-9-15(10-18-22(29)26(12-20(27)28)23(30)25-18)11-19(31-2)21(16)32-13-14-5-7-17(24)8-6-14/h3,5-11H,1,4,12-13H2,2H3,(H,25,30)(H,27,28)/b18-10+. The zero-order valence-electron chi connectivity index (χ0n) is 17.3. The van der Waals surface area contributed by atoms with Crippen molar-refractivity contribution < 1.29 is 29.0 Å². The Morgan fingerprint density at radius 1 is 1.25 bits per heavy atom. The first-order valence-electron chi connectivity index (χ1n) is 9.57. The Morgan fingerprint density at radius 3 is 2.59 bits per heavy atom. The van der Waals surface area contributed by atoms with Gasteiger partial charge >= 0.3 is 12.0 Å². The van der Waals surface area contributed by atoms with Crippen LogP contribution in [0.4, 0.5) is 4.79 Å². The van der Waals surface area contributed by atoms with Crippen LogP contribution in [-0.2, 0) is 22.6 Å². The molecule has 9 heteroatoms. The van der Waals surface area contributed by atoms with E-state index in [-0.39, 0.29) is 5.70 Å². The number of halogens is 1. The number of benzene rings is 2. The molecule has 0 unspecified atom stereocenters. The van der Waals surface area contributed by atoms with Crippen LogP contribution in [0.2, 0.25) is 0 Å². The van der Waals surface area contributed by atoms with Crippen molar-refractivity contribution in [3.8, 4) is 11.5 Å². The van der Waals surface area contributed by atoms with E-state index in [1.54, 1.807) is 18.2 Å². The predicted molar refractivity (Wildman–Crippen MR) is 121 cm³/mol. The van der Waals surface area contributed by atoms with Gasteiger partial charge in [0.1, 0.15) is 18.8 Å². The van der Waals surface area contributed by atoms with Crippen LogP contribution in [0.15, 0.2) is 59.2 Å². The van der Waals surface area contributed by atoms with E-state index in [0.717, 1.165) is 15.6 Å². The number of amides is 3. The summed E-state index contributed by atoms with van der Waals surface area (Å²) < 4.78 is 12.5. The van der Waals surface area contributed by atoms with Gasteiger partial charge in [-0.3, -0.25) is 9.59 Å². The van der Waals surface area contributed by atoms with E-state index in [1.165, 1.54) is 13.2 Å². The van der Waals surface area contributed by atoms with Crippen molar-refractivity contribution in [2.24, 2.45) is 0 Å². The molecule has 3 rings (SSSR count). The number of urea groups is 1. The molecule has 166 valence electrons. The van der Waals surface area contributed by atoms with Crippen molar-refractivity contribution in [2.45, 2.75) is 13.0 Å². The SMILES string of the molecule is C=CCc1cc(/C=C2/NC(=O)N(CC(=O)O)C2=O)cc(OC)c1OCc1ccc(Br)cc1. The molecule has 0 atom stereocenters. The quantitative estimate of drug-likeness (QED) is 0.308. The number of rotatable bonds is 9. The molecule has 0 aromatic heterocycles. The van der Waals surface area contributed by atoms with Crippen molar-refractivity contribution in [2.75, 3.05) is 13.7 Å². The number of allylic oxidation sites excluding steroid dienone is 1. The fourth-order valence-electron chi connectivity index (χ4n) is 3.14. The highest BCUT2D eigenvalue weighted by molar-refractivity contribution is 9.10.